The summed E-state index contributed by atoms with van der Waals surface area (Å²) in [6.45, 7) is 11.4. The summed E-state index contributed by atoms with van der Waals surface area (Å²) in [5.41, 5.74) is 5.99. The fourth-order valence-electron chi connectivity index (χ4n) is 4.30. The average molecular weight is 373 g/mol. The van der Waals surface area contributed by atoms with Gasteiger partial charge in [0.1, 0.15) is 0 Å². The smallest absolute Gasteiger partial charge is 0.309 e. The largest absolute Gasteiger partial charge is 0.481 e. The molecule has 0 radical (unpaired) electrons. The second-order valence-electron chi connectivity index (χ2n) is 10.1. The standard InChI is InChI=1S/C25H40O2/c1-19-17-20(2)22(12-8-10-13-24(3,4)5)21(18-19)11-7-6-9-14-25(15-16-25)23(26)27/h17-18H,6-16H2,1-5H3,(H,26,27). The molecule has 1 saturated carbocycles. The number of aryl methyl sites for hydroxylation is 3. The van der Waals surface area contributed by atoms with Crippen LogP contribution in [0, 0.1) is 24.7 Å². The summed E-state index contributed by atoms with van der Waals surface area (Å²) < 4.78 is 0. The molecule has 152 valence electrons. The Labute approximate surface area is 166 Å². The van der Waals surface area contributed by atoms with Crippen molar-refractivity contribution in [3.63, 3.8) is 0 Å². The lowest BCUT2D eigenvalue weighted by Gasteiger charge is -2.19. The Morgan fingerprint density at radius 2 is 1.67 bits per heavy atom. The fourth-order valence-corrected chi connectivity index (χ4v) is 4.30. The third kappa shape index (κ3) is 6.97. The van der Waals surface area contributed by atoms with Crippen molar-refractivity contribution in [3.8, 4) is 0 Å². The molecule has 1 aliphatic carbocycles. The molecule has 1 aromatic rings. The summed E-state index contributed by atoms with van der Waals surface area (Å²) >= 11 is 0. The van der Waals surface area contributed by atoms with E-state index in [-0.39, 0.29) is 5.41 Å². The molecular weight excluding hydrogens is 332 g/mol. The maximum atomic E-state index is 11.3. The van der Waals surface area contributed by atoms with Crippen molar-refractivity contribution < 1.29 is 9.90 Å². The van der Waals surface area contributed by atoms with Crippen LogP contribution in [0.4, 0.5) is 0 Å². The zero-order chi connectivity index (χ0) is 20.1. The van der Waals surface area contributed by atoms with Gasteiger partial charge in [0.15, 0.2) is 0 Å². The normalized spacial score (nSPS) is 15.7. The lowest BCUT2D eigenvalue weighted by Crippen LogP contribution is -2.14. The molecule has 0 atom stereocenters. The van der Waals surface area contributed by atoms with Crippen LogP contribution in [0.15, 0.2) is 12.1 Å². The second-order valence-corrected chi connectivity index (χ2v) is 10.1. The van der Waals surface area contributed by atoms with Gasteiger partial charge in [-0.3, -0.25) is 4.79 Å². The van der Waals surface area contributed by atoms with Crippen LogP contribution in [0.5, 0.6) is 0 Å². The van der Waals surface area contributed by atoms with Gasteiger partial charge in [-0.25, -0.2) is 0 Å². The van der Waals surface area contributed by atoms with Gasteiger partial charge in [-0.2, -0.15) is 0 Å². The lowest BCUT2D eigenvalue weighted by molar-refractivity contribution is -0.143. The first kappa shape index (κ1) is 22.0. The van der Waals surface area contributed by atoms with Gasteiger partial charge in [-0.05, 0) is 87.3 Å². The Bertz CT molecular complexity index is 632. The van der Waals surface area contributed by atoms with Crippen LogP contribution in [-0.4, -0.2) is 11.1 Å². The van der Waals surface area contributed by atoms with Crippen LogP contribution < -0.4 is 0 Å². The molecule has 0 aliphatic heterocycles. The molecule has 1 aliphatic rings. The van der Waals surface area contributed by atoms with E-state index in [4.69, 9.17) is 0 Å². The minimum atomic E-state index is -0.575. The molecule has 2 nitrogen and oxygen atoms in total. The van der Waals surface area contributed by atoms with Gasteiger partial charge in [0.25, 0.3) is 0 Å². The molecule has 0 bridgehead atoms. The Hall–Kier alpha value is -1.31. The van der Waals surface area contributed by atoms with E-state index in [0.717, 1.165) is 38.5 Å². The molecule has 1 fully saturated rings. The highest BCUT2D eigenvalue weighted by molar-refractivity contribution is 5.77. The van der Waals surface area contributed by atoms with Crippen molar-refractivity contribution in [2.24, 2.45) is 10.8 Å². The van der Waals surface area contributed by atoms with Gasteiger partial charge in [-0.1, -0.05) is 57.7 Å². The molecular formula is C25H40O2. The molecule has 1 aromatic carbocycles. The molecule has 0 heterocycles. The van der Waals surface area contributed by atoms with Crippen LogP contribution in [-0.2, 0) is 17.6 Å². The van der Waals surface area contributed by atoms with E-state index in [2.05, 4.69) is 46.8 Å². The van der Waals surface area contributed by atoms with E-state index in [0.29, 0.717) is 5.41 Å². The number of hydrogen-bond donors (Lipinski definition) is 1. The number of aliphatic carboxylic acids is 1. The van der Waals surface area contributed by atoms with Crippen LogP contribution in [0.3, 0.4) is 0 Å². The summed E-state index contributed by atoms with van der Waals surface area (Å²) in [5, 5.41) is 9.29. The van der Waals surface area contributed by atoms with Gasteiger partial charge in [0.2, 0.25) is 0 Å². The van der Waals surface area contributed by atoms with E-state index in [1.807, 2.05) is 0 Å². The van der Waals surface area contributed by atoms with Gasteiger partial charge in [0.05, 0.1) is 5.41 Å². The van der Waals surface area contributed by atoms with Crippen molar-refractivity contribution in [2.75, 3.05) is 0 Å². The van der Waals surface area contributed by atoms with Crippen LogP contribution in [0.2, 0.25) is 0 Å². The summed E-state index contributed by atoms with van der Waals surface area (Å²) in [6, 6.07) is 4.71. The Balaban J connectivity index is 1.83. The number of carbonyl (C=O) groups is 1. The predicted molar refractivity (Wildman–Crippen MR) is 114 cm³/mol. The summed E-state index contributed by atoms with van der Waals surface area (Å²) in [4.78, 5) is 11.3. The van der Waals surface area contributed by atoms with E-state index < -0.39 is 5.97 Å². The third-order valence-electron chi connectivity index (χ3n) is 6.22. The highest BCUT2D eigenvalue weighted by atomic mass is 16.4. The molecule has 0 spiro atoms. The number of unbranched alkanes of at least 4 members (excludes halogenated alkanes) is 3. The number of carboxylic acid groups (broad SMARTS) is 1. The molecule has 0 amide bonds. The van der Waals surface area contributed by atoms with Gasteiger partial charge < -0.3 is 5.11 Å². The molecule has 27 heavy (non-hydrogen) atoms. The molecule has 2 rings (SSSR count). The number of benzene rings is 1. The highest BCUT2D eigenvalue weighted by Gasteiger charge is 2.49. The van der Waals surface area contributed by atoms with E-state index in [9.17, 15) is 9.90 Å². The van der Waals surface area contributed by atoms with Crippen molar-refractivity contribution in [1.82, 2.24) is 0 Å². The Morgan fingerprint density at radius 3 is 2.26 bits per heavy atom. The Morgan fingerprint density at radius 1 is 1.00 bits per heavy atom. The minimum absolute atomic E-state index is 0.349. The van der Waals surface area contributed by atoms with Crippen molar-refractivity contribution in [3.05, 3.63) is 34.4 Å². The topological polar surface area (TPSA) is 37.3 Å². The van der Waals surface area contributed by atoms with Crippen molar-refractivity contribution >= 4 is 5.97 Å². The first-order valence-electron chi connectivity index (χ1n) is 11.0. The van der Waals surface area contributed by atoms with E-state index >= 15 is 0 Å². The van der Waals surface area contributed by atoms with Crippen molar-refractivity contribution in [2.45, 2.75) is 105 Å². The van der Waals surface area contributed by atoms with Crippen molar-refractivity contribution in [1.29, 1.82) is 0 Å². The number of rotatable bonds is 11. The third-order valence-corrected chi connectivity index (χ3v) is 6.22. The van der Waals surface area contributed by atoms with Gasteiger partial charge >= 0.3 is 5.97 Å². The number of hydrogen-bond acceptors (Lipinski definition) is 1. The van der Waals surface area contributed by atoms with Gasteiger partial charge in [-0.15, -0.1) is 0 Å². The molecule has 2 heteroatoms. The first-order valence-corrected chi connectivity index (χ1v) is 11.0. The maximum absolute atomic E-state index is 11.3. The SMILES string of the molecule is Cc1cc(C)c(CCCCC(C)(C)C)c(CCCCCC2(C(=O)O)CC2)c1. The number of carboxylic acids is 1. The van der Waals surface area contributed by atoms with Crippen LogP contribution >= 0.6 is 0 Å². The maximum Gasteiger partial charge on any atom is 0.309 e. The van der Waals surface area contributed by atoms with Crippen LogP contribution in [0.25, 0.3) is 0 Å². The predicted octanol–water partition coefficient (Wildman–Crippen LogP) is 7.03. The summed E-state index contributed by atoms with van der Waals surface area (Å²) in [7, 11) is 0. The molecule has 0 unspecified atom stereocenters. The summed E-state index contributed by atoms with van der Waals surface area (Å²) in [6.07, 6.45) is 12.2. The fraction of sp³-hybridized carbons (Fsp3) is 0.720. The van der Waals surface area contributed by atoms with Gasteiger partial charge in [0, 0.05) is 0 Å². The van der Waals surface area contributed by atoms with E-state index in [1.54, 1.807) is 5.56 Å². The summed E-state index contributed by atoms with van der Waals surface area (Å²) in [5.74, 6) is -0.575. The molecule has 0 aromatic heterocycles. The molecule has 1 N–H and O–H groups in total. The Kier molecular flexibility index (Phi) is 7.54. The lowest BCUT2D eigenvalue weighted by atomic mass is 9.87. The molecule has 0 saturated heterocycles. The zero-order valence-corrected chi connectivity index (χ0v) is 18.3. The van der Waals surface area contributed by atoms with E-state index in [1.165, 1.54) is 48.8 Å². The zero-order valence-electron chi connectivity index (χ0n) is 18.3. The monoisotopic (exact) mass is 372 g/mol. The highest BCUT2D eigenvalue weighted by Crippen LogP contribution is 2.50. The average Bonchev–Trinajstić information content (AvgIpc) is 3.33. The first-order chi connectivity index (χ1) is 12.6. The van der Waals surface area contributed by atoms with Crippen LogP contribution in [0.1, 0.15) is 101 Å². The minimum Gasteiger partial charge on any atom is -0.481 e. The quantitative estimate of drug-likeness (QED) is 0.423. The second kappa shape index (κ2) is 9.26.